The number of piperidine rings is 2. The van der Waals surface area contributed by atoms with Crippen molar-refractivity contribution in [1.82, 2.24) is 20.9 Å². The highest BCUT2D eigenvalue weighted by molar-refractivity contribution is 4.74. The van der Waals surface area contributed by atoms with E-state index in [2.05, 4.69) is 41.7 Å². The van der Waals surface area contributed by atoms with E-state index in [-0.39, 0.29) is 0 Å². The molecule has 4 nitrogen and oxygen atoms in total. The van der Waals surface area contributed by atoms with Crippen LogP contribution in [0.1, 0.15) is 39.5 Å². The molecule has 0 bridgehead atoms. The molecule has 2 saturated heterocycles. The van der Waals surface area contributed by atoms with Gasteiger partial charge in [0.05, 0.1) is 0 Å². The second-order valence-electron chi connectivity index (χ2n) is 5.64. The lowest BCUT2D eigenvalue weighted by Crippen LogP contribution is -2.40. The zero-order valence-electron chi connectivity index (χ0n) is 13.2. The minimum atomic E-state index is 0.788. The first kappa shape index (κ1) is 16.9. The van der Waals surface area contributed by atoms with E-state index in [1.54, 1.807) is 0 Å². The van der Waals surface area contributed by atoms with Crippen molar-refractivity contribution in [3.63, 3.8) is 0 Å². The second-order valence-corrected chi connectivity index (χ2v) is 5.64. The van der Waals surface area contributed by atoms with E-state index >= 15 is 0 Å². The molecule has 0 aromatic heterocycles. The molecule has 0 unspecified atom stereocenters. The monoisotopic (exact) mass is 270 g/mol. The van der Waals surface area contributed by atoms with Crippen LogP contribution in [-0.4, -0.2) is 63.3 Å². The van der Waals surface area contributed by atoms with Crippen molar-refractivity contribution in [2.75, 3.05) is 46.3 Å². The summed E-state index contributed by atoms with van der Waals surface area (Å²) in [5.74, 6) is 0. The maximum absolute atomic E-state index is 3.44. The van der Waals surface area contributed by atoms with Gasteiger partial charge in [0.2, 0.25) is 0 Å². The standard InChI is InChI=1S/C8H18N2.C7H16N2/c1-3-10(2)8-4-6-9-7-5-8;1-2-9-7-3-5-8-6-4-7/h8-9H,3-7H2,1-2H3;7-9H,2-6H2,1H3. The Morgan fingerprint density at radius 1 is 0.947 bits per heavy atom. The summed E-state index contributed by atoms with van der Waals surface area (Å²) in [7, 11) is 2.22. The molecule has 2 fully saturated rings. The van der Waals surface area contributed by atoms with E-state index in [1.807, 2.05) is 0 Å². The van der Waals surface area contributed by atoms with Crippen LogP contribution in [0.3, 0.4) is 0 Å². The highest BCUT2D eigenvalue weighted by atomic mass is 15.1. The molecule has 114 valence electrons. The fourth-order valence-corrected chi connectivity index (χ4v) is 2.82. The third-order valence-corrected chi connectivity index (χ3v) is 4.26. The van der Waals surface area contributed by atoms with Gasteiger partial charge in [-0.15, -0.1) is 0 Å². The molecule has 3 N–H and O–H groups in total. The Morgan fingerprint density at radius 2 is 1.47 bits per heavy atom. The van der Waals surface area contributed by atoms with Crippen molar-refractivity contribution in [1.29, 1.82) is 0 Å². The lowest BCUT2D eigenvalue weighted by molar-refractivity contribution is 0.208. The molecule has 0 aromatic rings. The molecule has 0 radical (unpaired) electrons. The molecule has 0 spiro atoms. The van der Waals surface area contributed by atoms with E-state index in [9.17, 15) is 0 Å². The van der Waals surface area contributed by atoms with Gasteiger partial charge in [-0.3, -0.25) is 0 Å². The van der Waals surface area contributed by atoms with Crippen molar-refractivity contribution in [2.24, 2.45) is 0 Å². The Balaban J connectivity index is 0.000000191. The summed E-state index contributed by atoms with van der Waals surface area (Å²) in [5.41, 5.74) is 0. The Morgan fingerprint density at radius 3 is 1.95 bits per heavy atom. The van der Waals surface area contributed by atoms with Crippen LogP contribution in [0.5, 0.6) is 0 Å². The van der Waals surface area contributed by atoms with Crippen molar-refractivity contribution in [3.8, 4) is 0 Å². The summed E-state index contributed by atoms with van der Waals surface area (Å²) in [6.07, 6.45) is 5.25. The summed E-state index contributed by atoms with van der Waals surface area (Å²) < 4.78 is 0. The van der Waals surface area contributed by atoms with Crippen LogP contribution in [0.15, 0.2) is 0 Å². The SMILES string of the molecule is CCN(C)C1CCNCC1.CCNC1CCNCC1. The van der Waals surface area contributed by atoms with E-state index in [1.165, 1.54) is 58.4 Å². The minimum Gasteiger partial charge on any atom is -0.317 e. The molecule has 2 heterocycles. The highest BCUT2D eigenvalue weighted by Crippen LogP contribution is 2.08. The smallest absolute Gasteiger partial charge is 0.0116 e. The minimum absolute atomic E-state index is 0.788. The van der Waals surface area contributed by atoms with Gasteiger partial charge in [0.25, 0.3) is 0 Å². The number of hydrogen-bond donors (Lipinski definition) is 3. The Hall–Kier alpha value is -0.160. The van der Waals surface area contributed by atoms with Crippen LogP contribution < -0.4 is 16.0 Å². The van der Waals surface area contributed by atoms with Gasteiger partial charge in [0.15, 0.2) is 0 Å². The molecule has 0 amide bonds. The third-order valence-electron chi connectivity index (χ3n) is 4.26. The average Bonchev–Trinajstić information content (AvgIpc) is 2.49. The zero-order chi connectivity index (χ0) is 13.9. The van der Waals surface area contributed by atoms with Gasteiger partial charge >= 0.3 is 0 Å². The van der Waals surface area contributed by atoms with E-state index in [0.717, 1.165) is 18.6 Å². The molecule has 4 heteroatoms. The summed E-state index contributed by atoms with van der Waals surface area (Å²) in [6.45, 7) is 11.5. The molecule has 0 aliphatic carbocycles. The highest BCUT2D eigenvalue weighted by Gasteiger charge is 2.15. The third kappa shape index (κ3) is 7.25. The van der Waals surface area contributed by atoms with Gasteiger partial charge in [0, 0.05) is 12.1 Å². The van der Waals surface area contributed by atoms with Crippen molar-refractivity contribution >= 4 is 0 Å². The van der Waals surface area contributed by atoms with Crippen LogP contribution in [0.4, 0.5) is 0 Å². The number of nitrogens with one attached hydrogen (secondary N) is 3. The van der Waals surface area contributed by atoms with Crippen molar-refractivity contribution < 1.29 is 0 Å². The largest absolute Gasteiger partial charge is 0.317 e. The maximum Gasteiger partial charge on any atom is 0.0116 e. The summed E-state index contributed by atoms with van der Waals surface area (Å²) in [4.78, 5) is 2.45. The molecule has 2 aliphatic heterocycles. The number of rotatable bonds is 4. The molecule has 2 aliphatic rings. The van der Waals surface area contributed by atoms with E-state index in [4.69, 9.17) is 0 Å². The number of hydrogen-bond acceptors (Lipinski definition) is 4. The van der Waals surface area contributed by atoms with Gasteiger partial charge in [0.1, 0.15) is 0 Å². The summed E-state index contributed by atoms with van der Waals surface area (Å²) >= 11 is 0. The Bertz CT molecular complexity index is 196. The Kier molecular flexibility index (Phi) is 9.43. The van der Waals surface area contributed by atoms with E-state index < -0.39 is 0 Å². The molecule has 0 aromatic carbocycles. The lowest BCUT2D eigenvalue weighted by Gasteiger charge is -2.30. The Labute approximate surface area is 119 Å². The molecule has 0 atom stereocenters. The normalized spacial score (nSPS) is 22.1. The molecular weight excluding hydrogens is 236 g/mol. The van der Waals surface area contributed by atoms with Crippen LogP contribution in [0, 0.1) is 0 Å². The van der Waals surface area contributed by atoms with Gasteiger partial charge in [-0.1, -0.05) is 13.8 Å². The number of nitrogens with zero attached hydrogens (tertiary/aromatic N) is 1. The van der Waals surface area contributed by atoms with Crippen LogP contribution in [0.25, 0.3) is 0 Å². The van der Waals surface area contributed by atoms with Crippen molar-refractivity contribution in [2.45, 2.75) is 51.6 Å². The van der Waals surface area contributed by atoms with Crippen LogP contribution in [0.2, 0.25) is 0 Å². The summed E-state index contributed by atoms with van der Waals surface area (Å²) in [6, 6.07) is 1.63. The zero-order valence-corrected chi connectivity index (χ0v) is 13.2. The first-order chi connectivity index (χ1) is 9.27. The van der Waals surface area contributed by atoms with Gasteiger partial charge in [-0.25, -0.2) is 0 Å². The first-order valence-electron chi connectivity index (χ1n) is 8.13. The molecule has 0 saturated carbocycles. The van der Waals surface area contributed by atoms with Crippen LogP contribution >= 0.6 is 0 Å². The summed E-state index contributed by atoms with van der Waals surface area (Å²) in [5, 5.41) is 10.1. The van der Waals surface area contributed by atoms with E-state index in [0.29, 0.717) is 0 Å². The fourth-order valence-electron chi connectivity index (χ4n) is 2.82. The quantitative estimate of drug-likeness (QED) is 0.714. The molecular formula is C15H34N4. The molecule has 19 heavy (non-hydrogen) atoms. The predicted molar refractivity (Wildman–Crippen MR) is 83.8 cm³/mol. The maximum atomic E-state index is 3.44. The van der Waals surface area contributed by atoms with Gasteiger partial charge in [-0.2, -0.15) is 0 Å². The topological polar surface area (TPSA) is 39.3 Å². The average molecular weight is 270 g/mol. The first-order valence-corrected chi connectivity index (χ1v) is 8.13. The fraction of sp³-hybridized carbons (Fsp3) is 1.00. The lowest BCUT2D eigenvalue weighted by atomic mass is 10.1. The van der Waals surface area contributed by atoms with Crippen LogP contribution in [-0.2, 0) is 0 Å². The predicted octanol–water partition coefficient (Wildman–Crippen LogP) is 1.04. The van der Waals surface area contributed by atoms with Gasteiger partial charge < -0.3 is 20.9 Å². The van der Waals surface area contributed by atoms with Crippen molar-refractivity contribution in [3.05, 3.63) is 0 Å². The molecule has 2 rings (SSSR count). The second kappa shape index (κ2) is 10.6. The van der Waals surface area contributed by atoms with Gasteiger partial charge in [-0.05, 0) is 72.0 Å².